The highest BCUT2D eigenvalue weighted by molar-refractivity contribution is 5.84. The zero-order valence-corrected chi connectivity index (χ0v) is 12.8. The van der Waals surface area contributed by atoms with Crippen molar-refractivity contribution in [2.45, 2.75) is 32.4 Å². The fourth-order valence-electron chi connectivity index (χ4n) is 1.98. The van der Waals surface area contributed by atoms with Gasteiger partial charge in [-0.15, -0.1) is 0 Å². The molecule has 0 saturated heterocycles. The minimum atomic E-state index is -0.799. The second kappa shape index (κ2) is 7.85. The zero-order chi connectivity index (χ0) is 15.9. The molecule has 6 nitrogen and oxygen atoms in total. The number of carbonyl (C=O) groups is 1. The zero-order valence-electron chi connectivity index (χ0n) is 12.8. The molecule has 1 rings (SSSR count). The van der Waals surface area contributed by atoms with Crippen LogP contribution in [-0.2, 0) is 11.4 Å². The van der Waals surface area contributed by atoms with Gasteiger partial charge in [-0.3, -0.25) is 4.79 Å². The lowest BCUT2D eigenvalue weighted by Crippen LogP contribution is -2.53. The number of nitrogens with two attached hydrogens (primary N) is 1. The Morgan fingerprint density at radius 2 is 2.14 bits per heavy atom. The maximum atomic E-state index is 11.5. The first-order valence-electron chi connectivity index (χ1n) is 6.92. The molecule has 4 N–H and O–H groups in total. The molecular formula is C15H24N2O4. The maximum Gasteiger partial charge on any atom is 0.237 e. The van der Waals surface area contributed by atoms with Gasteiger partial charge in [0.25, 0.3) is 0 Å². The molecule has 1 unspecified atom stereocenters. The molecule has 1 amide bonds. The average molecular weight is 296 g/mol. The van der Waals surface area contributed by atoms with Gasteiger partial charge in [-0.2, -0.15) is 0 Å². The van der Waals surface area contributed by atoms with Crippen molar-refractivity contribution in [2.75, 3.05) is 20.3 Å². The Morgan fingerprint density at radius 1 is 1.43 bits per heavy atom. The Hall–Kier alpha value is -1.79. The predicted octanol–water partition coefficient (Wildman–Crippen LogP) is 0.810. The van der Waals surface area contributed by atoms with Crippen LogP contribution in [0, 0.1) is 0 Å². The summed E-state index contributed by atoms with van der Waals surface area (Å²) in [6.45, 7) is 4.58. The molecule has 0 aromatic heterocycles. The molecule has 1 aromatic carbocycles. The van der Waals surface area contributed by atoms with E-state index in [0.717, 1.165) is 5.56 Å². The van der Waals surface area contributed by atoms with Gasteiger partial charge in [0.05, 0.1) is 25.9 Å². The highest BCUT2D eigenvalue weighted by Gasteiger charge is 2.29. The molecule has 0 spiro atoms. The van der Waals surface area contributed by atoms with Crippen LogP contribution in [0.2, 0.25) is 0 Å². The molecule has 0 aliphatic carbocycles. The molecule has 6 heteroatoms. The standard InChI is InChI=1S/C15H24N2O4/c1-4-17-15(2,14(16)19)7-8-21-12-6-5-11(10-18)9-13(12)20-3/h5-6,9,17-18H,4,7-8,10H2,1-3H3,(H2,16,19). The Bertz CT molecular complexity index is 479. The molecule has 0 heterocycles. The van der Waals surface area contributed by atoms with Gasteiger partial charge in [0.2, 0.25) is 5.91 Å². The van der Waals surface area contributed by atoms with E-state index in [2.05, 4.69) is 5.32 Å². The van der Waals surface area contributed by atoms with Gasteiger partial charge >= 0.3 is 0 Å². The largest absolute Gasteiger partial charge is 0.493 e. The van der Waals surface area contributed by atoms with E-state index >= 15 is 0 Å². The molecule has 1 aromatic rings. The number of hydrogen-bond donors (Lipinski definition) is 3. The number of likely N-dealkylation sites (N-methyl/N-ethyl adjacent to an activating group) is 1. The normalized spacial score (nSPS) is 13.5. The summed E-state index contributed by atoms with van der Waals surface area (Å²) in [6.07, 6.45) is 0.446. The van der Waals surface area contributed by atoms with Crippen molar-refractivity contribution in [2.24, 2.45) is 5.73 Å². The number of benzene rings is 1. The average Bonchev–Trinajstić information content (AvgIpc) is 2.47. The lowest BCUT2D eigenvalue weighted by molar-refractivity contribution is -0.124. The number of aliphatic hydroxyl groups excluding tert-OH is 1. The van der Waals surface area contributed by atoms with E-state index in [1.807, 2.05) is 6.92 Å². The van der Waals surface area contributed by atoms with E-state index in [9.17, 15) is 4.79 Å². The fraction of sp³-hybridized carbons (Fsp3) is 0.533. The van der Waals surface area contributed by atoms with E-state index < -0.39 is 11.4 Å². The van der Waals surface area contributed by atoms with Crippen LogP contribution in [0.25, 0.3) is 0 Å². The topological polar surface area (TPSA) is 93.8 Å². The molecule has 0 bridgehead atoms. The summed E-state index contributed by atoms with van der Waals surface area (Å²) in [4.78, 5) is 11.5. The van der Waals surface area contributed by atoms with E-state index in [-0.39, 0.29) is 6.61 Å². The monoisotopic (exact) mass is 296 g/mol. The number of methoxy groups -OCH3 is 1. The lowest BCUT2D eigenvalue weighted by atomic mass is 9.97. The second-order valence-corrected chi connectivity index (χ2v) is 4.97. The summed E-state index contributed by atoms with van der Waals surface area (Å²) >= 11 is 0. The molecule has 0 saturated carbocycles. The summed E-state index contributed by atoms with van der Waals surface area (Å²) in [5.41, 5.74) is 5.37. The van der Waals surface area contributed by atoms with Gasteiger partial charge < -0.3 is 25.6 Å². The third-order valence-corrected chi connectivity index (χ3v) is 3.38. The highest BCUT2D eigenvalue weighted by atomic mass is 16.5. The third-order valence-electron chi connectivity index (χ3n) is 3.38. The van der Waals surface area contributed by atoms with Crippen molar-refractivity contribution in [1.82, 2.24) is 5.32 Å². The minimum absolute atomic E-state index is 0.0587. The first kappa shape index (κ1) is 17.3. The van der Waals surface area contributed by atoms with Crippen molar-refractivity contribution in [3.8, 4) is 11.5 Å². The van der Waals surface area contributed by atoms with Gasteiger partial charge in [0, 0.05) is 6.42 Å². The maximum absolute atomic E-state index is 11.5. The van der Waals surface area contributed by atoms with Crippen LogP contribution in [0.3, 0.4) is 0 Å². The molecule has 0 aliphatic heterocycles. The third kappa shape index (κ3) is 4.61. The number of hydrogen-bond acceptors (Lipinski definition) is 5. The number of carbonyl (C=O) groups excluding carboxylic acids is 1. The van der Waals surface area contributed by atoms with Gasteiger partial charge in [-0.25, -0.2) is 0 Å². The molecule has 0 aliphatic rings. The number of primary amides is 1. The van der Waals surface area contributed by atoms with E-state index in [1.165, 1.54) is 7.11 Å². The van der Waals surface area contributed by atoms with Gasteiger partial charge in [-0.05, 0) is 31.2 Å². The van der Waals surface area contributed by atoms with Crippen LogP contribution >= 0.6 is 0 Å². The molecule has 0 fully saturated rings. The smallest absolute Gasteiger partial charge is 0.237 e. The lowest BCUT2D eigenvalue weighted by Gasteiger charge is -2.27. The Kier molecular flexibility index (Phi) is 6.45. The van der Waals surface area contributed by atoms with Crippen molar-refractivity contribution >= 4 is 5.91 Å². The predicted molar refractivity (Wildman–Crippen MR) is 80.3 cm³/mol. The minimum Gasteiger partial charge on any atom is -0.493 e. The number of amides is 1. The number of ether oxygens (including phenoxy) is 2. The summed E-state index contributed by atoms with van der Waals surface area (Å²) < 4.78 is 10.9. The van der Waals surface area contributed by atoms with Crippen LogP contribution in [0.5, 0.6) is 11.5 Å². The van der Waals surface area contributed by atoms with Gasteiger partial charge in [0.1, 0.15) is 0 Å². The summed E-state index contributed by atoms with van der Waals surface area (Å²) in [6, 6.07) is 5.21. The van der Waals surface area contributed by atoms with Gasteiger partial charge in [0.15, 0.2) is 11.5 Å². The van der Waals surface area contributed by atoms with E-state index in [0.29, 0.717) is 31.1 Å². The first-order valence-corrected chi connectivity index (χ1v) is 6.92. The van der Waals surface area contributed by atoms with Crippen molar-refractivity contribution < 1.29 is 19.4 Å². The number of rotatable bonds is 9. The number of nitrogens with one attached hydrogen (secondary N) is 1. The first-order chi connectivity index (χ1) is 9.96. The summed E-state index contributed by atoms with van der Waals surface area (Å²) in [5, 5.41) is 12.2. The Morgan fingerprint density at radius 3 is 2.67 bits per heavy atom. The fourth-order valence-corrected chi connectivity index (χ4v) is 1.98. The molecule has 1 atom stereocenters. The van der Waals surface area contributed by atoms with Crippen molar-refractivity contribution in [3.05, 3.63) is 23.8 Å². The molecule has 118 valence electrons. The quantitative estimate of drug-likeness (QED) is 0.627. The Labute approximate surface area is 125 Å². The van der Waals surface area contributed by atoms with E-state index in [4.69, 9.17) is 20.3 Å². The SMILES string of the molecule is CCNC(C)(CCOc1ccc(CO)cc1OC)C(N)=O. The van der Waals surface area contributed by atoms with Crippen LogP contribution in [-0.4, -0.2) is 36.8 Å². The van der Waals surface area contributed by atoms with Crippen molar-refractivity contribution in [3.63, 3.8) is 0 Å². The van der Waals surface area contributed by atoms with Gasteiger partial charge in [-0.1, -0.05) is 13.0 Å². The molecule has 0 radical (unpaired) electrons. The van der Waals surface area contributed by atoms with Crippen LogP contribution < -0.4 is 20.5 Å². The van der Waals surface area contributed by atoms with Crippen molar-refractivity contribution in [1.29, 1.82) is 0 Å². The van der Waals surface area contributed by atoms with Crippen LogP contribution in [0.4, 0.5) is 0 Å². The van der Waals surface area contributed by atoms with Crippen LogP contribution in [0.1, 0.15) is 25.8 Å². The summed E-state index contributed by atoms with van der Waals surface area (Å²) in [7, 11) is 1.54. The second-order valence-electron chi connectivity index (χ2n) is 4.97. The highest BCUT2D eigenvalue weighted by Crippen LogP contribution is 2.28. The Balaban J connectivity index is 2.69. The van der Waals surface area contributed by atoms with E-state index in [1.54, 1.807) is 25.1 Å². The van der Waals surface area contributed by atoms with Crippen LogP contribution in [0.15, 0.2) is 18.2 Å². The molecular weight excluding hydrogens is 272 g/mol. The number of aliphatic hydroxyl groups is 1. The summed E-state index contributed by atoms with van der Waals surface area (Å²) in [5.74, 6) is 0.708. The molecule has 21 heavy (non-hydrogen) atoms.